The monoisotopic (exact) mass is 435 g/mol. The van der Waals surface area contributed by atoms with Gasteiger partial charge in [0.15, 0.2) is 0 Å². The SMILES string of the molecule is COCCN1C(=O)[C@H]([C@H](O)[C@H](Cc2ccccc2)NC(=O)OC(C)(C)C)NC1C(C)C. The number of rotatable bonds is 9. The fourth-order valence-electron chi connectivity index (χ4n) is 3.71. The molecular weight excluding hydrogens is 398 g/mol. The largest absolute Gasteiger partial charge is 0.444 e. The maximum absolute atomic E-state index is 13.1. The van der Waals surface area contributed by atoms with Crippen LogP contribution in [-0.2, 0) is 20.7 Å². The van der Waals surface area contributed by atoms with Crippen molar-refractivity contribution >= 4 is 12.0 Å². The molecule has 0 aliphatic carbocycles. The number of carbonyl (C=O) groups is 2. The van der Waals surface area contributed by atoms with Gasteiger partial charge in [0.05, 0.1) is 24.9 Å². The number of alkyl carbamates (subject to hydrolysis) is 1. The summed E-state index contributed by atoms with van der Waals surface area (Å²) in [6.07, 6.45) is -1.64. The molecule has 0 saturated carbocycles. The van der Waals surface area contributed by atoms with Crippen molar-refractivity contribution in [2.45, 2.75) is 71.0 Å². The molecule has 8 heteroatoms. The van der Waals surface area contributed by atoms with Crippen LogP contribution >= 0.6 is 0 Å². The molecule has 1 saturated heterocycles. The summed E-state index contributed by atoms with van der Waals surface area (Å²) < 4.78 is 10.5. The van der Waals surface area contributed by atoms with Crippen molar-refractivity contribution in [2.24, 2.45) is 5.92 Å². The van der Waals surface area contributed by atoms with Gasteiger partial charge in [-0.15, -0.1) is 0 Å². The Morgan fingerprint density at radius 3 is 2.45 bits per heavy atom. The molecule has 0 aromatic heterocycles. The topological polar surface area (TPSA) is 100 Å². The zero-order valence-corrected chi connectivity index (χ0v) is 19.4. The minimum absolute atomic E-state index is 0.143. The number of benzene rings is 1. The number of methoxy groups -OCH3 is 1. The highest BCUT2D eigenvalue weighted by molar-refractivity contribution is 5.85. The van der Waals surface area contributed by atoms with E-state index in [1.807, 2.05) is 44.2 Å². The number of hydrogen-bond donors (Lipinski definition) is 3. The molecular formula is C23H37N3O5. The van der Waals surface area contributed by atoms with Crippen molar-refractivity contribution in [3.8, 4) is 0 Å². The molecule has 3 N–H and O–H groups in total. The lowest BCUT2D eigenvalue weighted by Gasteiger charge is -2.29. The first kappa shape index (κ1) is 25.1. The predicted octanol–water partition coefficient (Wildman–Crippen LogP) is 1.91. The van der Waals surface area contributed by atoms with Crippen LogP contribution in [0, 0.1) is 5.92 Å². The molecule has 0 radical (unpaired) electrons. The zero-order chi connectivity index (χ0) is 23.2. The van der Waals surface area contributed by atoms with Crippen LogP contribution in [-0.4, -0.2) is 72.2 Å². The molecule has 2 amide bonds. The summed E-state index contributed by atoms with van der Waals surface area (Å²) >= 11 is 0. The average molecular weight is 436 g/mol. The molecule has 2 rings (SSSR count). The number of amides is 2. The van der Waals surface area contributed by atoms with E-state index in [1.54, 1.807) is 32.8 Å². The lowest BCUT2D eigenvalue weighted by Crippen LogP contribution is -2.55. The summed E-state index contributed by atoms with van der Waals surface area (Å²) in [4.78, 5) is 27.3. The Bertz CT molecular complexity index is 720. The van der Waals surface area contributed by atoms with Crippen LogP contribution in [0.5, 0.6) is 0 Å². The Balaban J connectivity index is 2.22. The Morgan fingerprint density at radius 1 is 1.26 bits per heavy atom. The summed E-state index contributed by atoms with van der Waals surface area (Å²) in [6, 6.07) is 7.98. The van der Waals surface area contributed by atoms with E-state index in [0.717, 1.165) is 5.56 Å². The molecule has 31 heavy (non-hydrogen) atoms. The fourth-order valence-corrected chi connectivity index (χ4v) is 3.71. The third kappa shape index (κ3) is 7.19. The standard InChI is InChI=1S/C23H37N3O5/c1-15(2)20-25-18(21(28)26(20)12-13-30-6)19(27)17(14-16-10-8-7-9-11-16)24-22(29)31-23(3,4)5/h7-11,15,17-20,25,27H,12-14H2,1-6H3,(H,24,29)/t17-,18-,19+,20?/m0/s1. The van der Waals surface area contributed by atoms with Crippen LogP contribution in [0.3, 0.4) is 0 Å². The first-order valence-electron chi connectivity index (χ1n) is 10.8. The third-order valence-electron chi connectivity index (χ3n) is 5.16. The van der Waals surface area contributed by atoms with Crippen LogP contribution in [0.25, 0.3) is 0 Å². The molecule has 1 aliphatic heterocycles. The Hall–Kier alpha value is -2.16. The van der Waals surface area contributed by atoms with Gasteiger partial charge in [0, 0.05) is 13.7 Å². The smallest absolute Gasteiger partial charge is 0.407 e. The van der Waals surface area contributed by atoms with E-state index < -0.39 is 29.9 Å². The summed E-state index contributed by atoms with van der Waals surface area (Å²) in [6.45, 7) is 10.2. The van der Waals surface area contributed by atoms with Gasteiger partial charge < -0.3 is 24.8 Å². The van der Waals surface area contributed by atoms with Crippen LogP contribution in [0.1, 0.15) is 40.2 Å². The van der Waals surface area contributed by atoms with Gasteiger partial charge in [-0.05, 0) is 38.7 Å². The summed E-state index contributed by atoms with van der Waals surface area (Å²) in [5.74, 6) is -0.0586. The van der Waals surface area contributed by atoms with Crippen LogP contribution in [0.4, 0.5) is 4.79 Å². The Labute approximate surface area is 185 Å². The third-order valence-corrected chi connectivity index (χ3v) is 5.16. The second-order valence-corrected chi connectivity index (χ2v) is 9.29. The highest BCUT2D eigenvalue weighted by atomic mass is 16.6. The molecule has 1 unspecified atom stereocenters. The molecule has 1 aromatic carbocycles. The Morgan fingerprint density at radius 2 is 1.90 bits per heavy atom. The first-order valence-corrected chi connectivity index (χ1v) is 10.8. The van der Waals surface area contributed by atoms with E-state index in [9.17, 15) is 14.7 Å². The number of nitrogens with one attached hydrogen (secondary N) is 2. The second kappa shape index (κ2) is 10.9. The van der Waals surface area contributed by atoms with Gasteiger partial charge in [0.2, 0.25) is 5.91 Å². The lowest BCUT2D eigenvalue weighted by molar-refractivity contribution is -0.133. The fraction of sp³-hybridized carbons (Fsp3) is 0.652. The maximum atomic E-state index is 13.1. The molecule has 1 fully saturated rings. The molecule has 174 valence electrons. The molecule has 1 aliphatic rings. The summed E-state index contributed by atoms with van der Waals surface area (Å²) in [5, 5.41) is 17.3. The highest BCUT2D eigenvalue weighted by Gasteiger charge is 2.46. The number of aliphatic hydroxyl groups excluding tert-OH is 1. The maximum Gasteiger partial charge on any atom is 0.407 e. The molecule has 8 nitrogen and oxygen atoms in total. The van der Waals surface area contributed by atoms with Gasteiger partial charge in [-0.2, -0.15) is 0 Å². The van der Waals surface area contributed by atoms with Crippen LogP contribution < -0.4 is 10.6 Å². The van der Waals surface area contributed by atoms with Crippen molar-refractivity contribution in [2.75, 3.05) is 20.3 Å². The van der Waals surface area contributed by atoms with E-state index in [4.69, 9.17) is 9.47 Å². The van der Waals surface area contributed by atoms with Gasteiger partial charge in [0.1, 0.15) is 11.6 Å². The van der Waals surface area contributed by atoms with Gasteiger partial charge in [0.25, 0.3) is 0 Å². The van der Waals surface area contributed by atoms with Gasteiger partial charge in [-0.1, -0.05) is 44.2 Å². The van der Waals surface area contributed by atoms with E-state index in [-0.39, 0.29) is 18.0 Å². The highest BCUT2D eigenvalue weighted by Crippen LogP contribution is 2.22. The normalized spacial score (nSPS) is 21.3. The lowest BCUT2D eigenvalue weighted by atomic mass is 9.96. The summed E-state index contributed by atoms with van der Waals surface area (Å²) in [5.41, 5.74) is 0.262. The number of ether oxygens (including phenoxy) is 2. The molecule has 0 spiro atoms. The van der Waals surface area contributed by atoms with Crippen molar-refractivity contribution in [1.29, 1.82) is 0 Å². The number of aliphatic hydroxyl groups is 1. The van der Waals surface area contributed by atoms with Crippen molar-refractivity contribution in [3.63, 3.8) is 0 Å². The Kier molecular flexibility index (Phi) is 8.85. The van der Waals surface area contributed by atoms with E-state index in [2.05, 4.69) is 10.6 Å². The van der Waals surface area contributed by atoms with Crippen molar-refractivity contribution in [3.05, 3.63) is 35.9 Å². The quantitative estimate of drug-likeness (QED) is 0.548. The summed E-state index contributed by atoms with van der Waals surface area (Å²) in [7, 11) is 1.59. The van der Waals surface area contributed by atoms with E-state index >= 15 is 0 Å². The minimum Gasteiger partial charge on any atom is -0.444 e. The molecule has 1 aromatic rings. The minimum atomic E-state index is -1.14. The zero-order valence-electron chi connectivity index (χ0n) is 19.4. The molecule has 4 atom stereocenters. The predicted molar refractivity (Wildman–Crippen MR) is 118 cm³/mol. The van der Waals surface area contributed by atoms with Crippen LogP contribution in [0.15, 0.2) is 30.3 Å². The number of carbonyl (C=O) groups excluding carboxylic acids is 2. The second-order valence-electron chi connectivity index (χ2n) is 9.29. The number of hydrogen-bond acceptors (Lipinski definition) is 6. The average Bonchev–Trinajstić information content (AvgIpc) is 3.01. The van der Waals surface area contributed by atoms with Crippen molar-refractivity contribution in [1.82, 2.24) is 15.5 Å². The van der Waals surface area contributed by atoms with Crippen molar-refractivity contribution < 1.29 is 24.2 Å². The molecule has 0 bridgehead atoms. The first-order chi connectivity index (χ1) is 14.5. The molecule has 1 heterocycles. The van der Waals surface area contributed by atoms with Gasteiger partial charge >= 0.3 is 6.09 Å². The van der Waals surface area contributed by atoms with Crippen LogP contribution in [0.2, 0.25) is 0 Å². The van der Waals surface area contributed by atoms with Gasteiger partial charge in [-0.25, -0.2) is 4.79 Å². The van der Waals surface area contributed by atoms with E-state index in [0.29, 0.717) is 19.6 Å². The van der Waals surface area contributed by atoms with E-state index in [1.165, 1.54) is 0 Å². The van der Waals surface area contributed by atoms with Gasteiger partial charge in [-0.3, -0.25) is 10.1 Å². The number of nitrogens with zero attached hydrogens (tertiary/aromatic N) is 1.